The second kappa shape index (κ2) is 7.58. The Bertz CT molecular complexity index is 481. The Hall–Kier alpha value is -2.15. The van der Waals surface area contributed by atoms with Gasteiger partial charge in [0.2, 0.25) is 5.88 Å². The summed E-state index contributed by atoms with van der Waals surface area (Å²) in [5.74, 6) is -0.657. The Morgan fingerprint density at radius 1 is 1.38 bits per heavy atom. The Morgan fingerprint density at radius 3 is 2.95 bits per heavy atom. The van der Waals surface area contributed by atoms with E-state index in [1.165, 1.54) is 6.20 Å². The molecule has 2 N–H and O–H groups in total. The molecule has 114 valence electrons. The molecular formula is C14H20N4O3. The van der Waals surface area contributed by atoms with Crippen LogP contribution >= 0.6 is 0 Å². The van der Waals surface area contributed by atoms with Gasteiger partial charge < -0.3 is 20.3 Å². The molecule has 0 radical (unpaired) electrons. The van der Waals surface area contributed by atoms with Crippen molar-refractivity contribution in [3.05, 3.63) is 18.3 Å². The van der Waals surface area contributed by atoms with E-state index in [0.29, 0.717) is 37.8 Å². The lowest BCUT2D eigenvalue weighted by atomic mass is 10.3. The first-order chi connectivity index (χ1) is 10.2. The van der Waals surface area contributed by atoms with Crippen LogP contribution in [-0.4, -0.2) is 54.5 Å². The predicted molar refractivity (Wildman–Crippen MR) is 78.1 cm³/mol. The van der Waals surface area contributed by atoms with Crippen LogP contribution in [-0.2, 0) is 9.59 Å². The number of nitrogens with zero attached hydrogens (tertiary/aromatic N) is 2. The maximum Gasteiger partial charge on any atom is 0.313 e. The summed E-state index contributed by atoms with van der Waals surface area (Å²) in [7, 11) is 0. The molecule has 0 atom stereocenters. The highest BCUT2D eigenvalue weighted by atomic mass is 16.5. The molecule has 7 heteroatoms. The summed E-state index contributed by atoms with van der Waals surface area (Å²) in [5, 5.41) is 5.75. The van der Waals surface area contributed by atoms with Crippen molar-refractivity contribution in [3.8, 4) is 5.88 Å². The molecule has 2 amide bonds. The third-order valence-electron chi connectivity index (χ3n) is 3.11. The van der Waals surface area contributed by atoms with Crippen LogP contribution in [0.15, 0.2) is 18.3 Å². The molecule has 2 heterocycles. The standard InChI is InChI=1S/C14H20N4O3/c1-2-21-12-5-4-11(10-16-12)17-13(19)14(20)18-8-3-6-15-7-9-18/h4-5,10,15H,2-3,6-9H2,1H3,(H,17,19). The van der Waals surface area contributed by atoms with Crippen LogP contribution in [0.3, 0.4) is 0 Å². The van der Waals surface area contributed by atoms with Gasteiger partial charge in [-0.05, 0) is 26.0 Å². The van der Waals surface area contributed by atoms with Gasteiger partial charge in [0.1, 0.15) is 0 Å². The fourth-order valence-corrected chi connectivity index (χ4v) is 2.06. The molecule has 7 nitrogen and oxygen atoms in total. The van der Waals surface area contributed by atoms with Crippen LogP contribution in [0.2, 0.25) is 0 Å². The minimum Gasteiger partial charge on any atom is -0.478 e. The van der Waals surface area contributed by atoms with E-state index < -0.39 is 11.8 Å². The lowest BCUT2D eigenvalue weighted by Crippen LogP contribution is -2.41. The van der Waals surface area contributed by atoms with Gasteiger partial charge in [-0.25, -0.2) is 4.98 Å². The van der Waals surface area contributed by atoms with E-state index in [4.69, 9.17) is 4.74 Å². The van der Waals surface area contributed by atoms with Crippen LogP contribution < -0.4 is 15.4 Å². The van der Waals surface area contributed by atoms with Crippen LogP contribution in [0.25, 0.3) is 0 Å². The molecule has 1 aliphatic heterocycles. The van der Waals surface area contributed by atoms with Gasteiger partial charge >= 0.3 is 11.8 Å². The number of hydrogen-bond donors (Lipinski definition) is 2. The number of ether oxygens (including phenoxy) is 1. The molecule has 0 aromatic carbocycles. The third kappa shape index (κ3) is 4.42. The average Bonchev–Trinajstić information content (AvgIpc) is 2.78. The van der Waals surface area contributed by atoms with Gasteiger partial charge in [-0.3, -0.25) is 9.59 Å². The van der Waals surface area contributed by atoms with Crippen molar-refractivity contribution in [3.63, 3.8) is 0 Å². The first-order valence-electron chi connectivity index (χ1n) is 7.10. The molecule has 2 rings (SSSR count). The van der Waals surface area contributed by atoms with Crippen LogP contribution in [0.5, 0.6) is 5.88 Å². The van der Waals surface area contributed by atoms with Gasteiger partial charge in [0, 0.05) is 25.7 Å². The summed E-state index contributed by atoms with van der Waals surface area (Å²) >= 11 is 0. The highest BCUT2D eigenvalue weighted by Crippen LogP contribution is 2.11. The average molecular weight is 292 g/mol. The fourth-order valence-electron chi connectivity index (χ4n) is 2.06. The molecule has 1 saturated heterocycles. The summed E-state index contributed by atoms with van der Waals surface area (Å²) in [4.78, 5) is 29.6. The smallest absolute Gasteiger partial charge is 0.313 e. The molecule has 1 aliphatic rings. The molecule has 0 aliphatic carbocycles. The Labute approximate surface area is 123 Å². The first kappa shape index (κ1) is 15.2. The summed E-state index contributed by atoms with van der Waals surface area (Å²) < 4.78 is 5.22. The van der Waals surface area contributed by atoms with Gasteiger partial charge in [-0.1, -0.05) is 0 Å². The number of anilines is 1. The highest BCUT2D eigenvalue weighted by molar-refractivity contribution is 6.39. The van der Waals surface area contributed by atoms with E-state index in [2.05, 4.69) is 15.6 Å². The van der Waals surface area contributed by atoms with Gasteiger partial charge in [-0.15, -0.1) is 0 Å². The third-order valence-corrected chi connectivity index (χ3v) is 3.11. The van der Waals surface area contributed by atoms with Crippen LogP contribution in [0, 0.1) is 0 Å². The van der Waals surface area contributed by atoms with E-state index in [1.807, 2.05) is 6.92 Å². The molecule has 1 aromatic heterocycles. The molecule has 1 aromatic rings. The number of amides is 2. The minimum absolute atomic E-state index is 0.477. The second-order valence-corrected chi connectivity index (χ2v) is 4.67. The predicted octanol–water partition coefficient (Wildman–Crippen LogP) is 0.241. The monoisotopic (exact) mass is 292 g/mol. The van der Waals surface area contributed by atoms with E-state index in [0.717, 1.165) is 13.0 Å². The van der Waals surface area contributed by atoms with Crippen LogP contribution in [0.1, 0.15) is 13.3 Å². The van der Waals surface area contributed by atoms with Crippen molar-refractivity contribution >= 4 is 17.5 Å². The molecule has 0 saturated carbocycles. The number of aromatic nitrogens is 1. The van der Waals surface area contributed by atoms with Crippen molar-refractivity contribution in [2.24, 2.45) is 0 Å². The molecular weight excluding hydrogens is 272 g/mol. The van der Waals surface area contributed by atoms with Gasteiger partial charge in [0.25, 0.3) is 0 Å². The van der Waals surface area contributed by atoms with Crippen molar-refractivity contribution < 1.29 is 14.3 Å². The lowest BCUT2D eigenvalue weighted by molar-refractivity contribution is -0.143. The van der Waals surface area contributed by atoms with Gasteiger partial charge in [0.05, 0.1) is 18.5 Å². The van der Waals surface area contributed by atoms with Crippen LogP contribution in [0.4, 0.5) is 5.69 Å². The first-order valence-corrected chi connectivity index (χ1v) is 7.10. The Morgan fingerprint density at radius 2 is 2.24 bits per heavy atom. The van der Waals surface area contributed by atoms with Gasteiger partial charge in [0.15, 0.2) is 0 Å². The van der Waals surface area contributed by atoms with E-state index in [1.54, 1.807) is 17.0 Å². The molecule has 0 bridgehead atoms. The van der Waals surface area contributed by atoms with Gasteiger partial charge in [-0.2, -0.15) is 0 Å². The lowest BCUT2D eigenvalue weighted by Gasteiger charge is -2.19. The maximum atomic E-state index is 12.1. The van der Waals surface area contributed by atoms with Crippen molar-refractivity contribution in [2.75, 3.05) is 38.1 Å². The summed E-state index contributed by atoms with van der Waals surface area (Å²) in [5.41, 5.74) is 0.477. The topological polar surface area (TPSA) is 83.6 Å². The number of carbonyl (C=O) groups is 2. The Kier molecular flexibility index (Phi) is 5.51. The highest BCUT2D eigenvalue weighted by Gasteiger charge is 2.22. The van der Waals surface area contributed by atoms with E-state index in [9.17, 15) is 9.59 Å². The zero-order valence-corrected chi connectivity index (χ0v) is 12.1. The summed E-state index contributed by atoms with van der Waals surface area (Å²) in [6, 6.07) is 3.31. The largest absolute Gasteiger partial charge is 0.478 e. The summed E-state index contributed by atoms with van der Waals surface area (Å²) in [6.45, 7) is 5.12. The van der Waals surface area contributed by atoms with Crippen molar-refractivity contribution in [1.82, 2.24) is 15.2 Å². The quantitative estimate of drug-likeness (QED) is 0.780. The number of hydrogen-bond acceptors (Lipinski definition) is 5. The molecule has 21 heavy (non-hydrogen) atoms. The van der Waals surface area contributed by atoms with Crippen molar-refractivity contribution in [1.29, 1.82) is 0 Å². The Balaban J connectivity index is 1.91. The molecule has 1 fully saturated rings. The zero-order chi connectivity index (χ0) is 15.1. The fraction of sp³-hybridized carbons (Fsp3) is 0.500. The SMILES string of the molecule is CCOc1ccc(NC(=O)C(=O)N2CCCNCC2)cn1. The number of nitrogens with one attached hydrogen (secondary N) is 2. The molecule has 0 unspecified atom stereocenters. The number of pyridine rings is 1. The zero-order valence-electron chi connectivity index (χ0n) is 12.1. The molecule has 0 spiro atoms. The normalized spacial score (nSPS) is 15.2. The van der Waals surface area contributed by atoms with E-state index in [-0.39, 0.29) is 0 Å². The van der Waals surface area contributed by atoms with Crippen molar-refractivity contribution in [2.45, 2.75) is 13.3 Å². The second-order valence-electron chi connectivity index (χ2n) is 4.67. The summed E-state index contributed by atoms with van der Waals surface area (Å²) in [6.07, 6.45) is 2.32. The number of carbonyl (C=O) groups excluding carboxylic acids is 2. The maximum absolute atomic E-state index is 12.1. The minimum atomic E-state index is -0.636. The van der Waals surface area contributed by atoms with E-state index >= 15 is 0 Å². The number of rotatable bonds is 3.